The monoisotopic (exact) mass is 300 g/mol. The molecule has 20 heavy (non-hydrogen) atoms. The Labute approximate surface area is 119 Å². The van der Waals surface area contributed by atoms with Crippen molar-refractivity contribution in [1.82, 2.24) is 0 Å². The Morgan fingerprint density at radius 2 is 2.15 bits per heavy atom. The van der Waals surface area contributed by atoms with Crippen LogP contribution in [0, 0.1) is 5.92 Å². The molecule has 0 heterocycles. The number of amides is 1. The van der Waals surface area contributed by atoms with Crippen molar-refractivity contribution in [2.45, 2.75) is 6.92 Å². The van der Waals surface area contributed by atoms with Gasteiger partial charge in [0.05, 0.1) is 12.9 Å². The molecule has 7 heteroatoms. The molecule has 0 radical (unpaired) electrons. The number of methoxy groups -OCH3 is 1. The van der Waals surface area contributed by atoms with Crippen LogP contribution in [0.25, 0.3) is 0 Å². The van der Waals surface area contributed by atoms with Crippen molar-refractivity contribution in [3.05, 3.63) is 24.3 Å². The number of sulfone groups is 1. The highest BCUT2D eigenvalue weighted by Crippen LogP contribution is 2.16. The fourth-order valence-electron chi connectivity index (χ4n) is 1.66. The minimum atomic E-state index is -3.45. The van der Waals surface area contributed by atoms with Crippen molar-refractivity contribution in [2.75, 3.05) is 30.5 Å². The van der Waals surface area contributed by atoms with E-state index in [1.807, 2.05) is 0 Å². The molecule has 0 aliphatic rings. The lowest BCUT2D eigenvalue weighted by molar-refractivity contribution is -0.113. The van der Waals surface area contributed by atoms with Crippen LogP contribution in [0.5, 0.6) is 5.75 Å². The summed E-state index contributed by atoms with van der Waals surface area (Å²) in [6.45, 7) is 2.01. The number of carbonyl (C=O) groups is 1. The number of rotatable bonds is 7. The fraction of sp³-hybridized carbons (Fsp3) is 0.462. The molecule has 6 nitrogen and oxygen atoms in total. The second-order valence-corrected chi connectivity index (χ2v) is 6.78. The predicted molar refractivity (Wildman–Crippen MR) is 78.5 cm³/mol. The van der Waals surface area contributed by atoms with Crippen LogP contribution in [0.3, 0.4) is 0 Å². The molecule has 0 fully saturated rings. The molecule has 112 valence electrons. The SMILES string of the molecule is COc1cccc(NC(=O)CS(=O)(=O)CC(C)CN)c1. The normalized spacial score (nSPS) is 12.8. The van der Waals surface area contributed by atoms with Crippen molar-refractivity contribution in [3.8, 4) is 5.75 Å². The molecule has 0 aliphatic carbocycles. The average Bonchev–Trinajstić information content (AvgIpc) is 2.37. The third-order valence-corrected chi connectivity index (χ3v) is 4.42. The molecule has 0 aromatic heterocycles. The van der Waals surface area contributed by atoms with E-state index in [-0.39, 0.29) is 18.2 Å². The van der Waals surface area contributed by atoms with Gasteiger partial charge in [0.2, 0.25) is 5.91 Å². The van der Waals surface area contributed by atoms with E-state index in [2.05, 4.69) is 5.32 Å². The maximum Gasteiger partial charge on any atom is 0.239 e. The van der Waals surface area contributed by atoms with E-state index in [9.17, 15) is 13.2 Å². The van der Waals surface area contributed by atoms with E-state index >= 15 is 0 Å². The van der Waals surface area contributed by atoms with Gasteiger partial charge in [0.1, 0.15) is 11.5 Å². The summed E-state index contributed by atoms with van der Waals surface area (Å²) in [6, 6.07) is 6.72. The second kappa shape index (κ2) is 7.25. The zero-order valence-electron chi connectivity index (χ0n) is 11.6. The molecule has 0 bridgehead atoms. The molecule has 0 saturated heterocycles. The van der Waals surface area contributed by atoms with Crippen LogP contribution in [0.1, 0.15) is 6.92 Å². The van der Waals surface area contributed by atoms with Gasteiger partial charge in [-0.15, -0.1) is 0 Å². The van der Waals surface area contributed by atoms with Gasteiger partial charge in [0.15, 0.2) is 9.84 Å². The summed E-state index contributed by atoms with van der Waals surface area (Å²) in [4.78, 5) is 11.7. The molecule has 1 aromatic rings. The van der Waals surface area contributed by atoms with Gasteiger partial charge in [-0.2, -0.15) is 0 Å². The molecular weight excluding hydrogens is 280 g/mol. The second-order valence-electron chi connectivity index (χ2n) is 4.68. The third-order valence-electron chi connectivity index (χ3n) is 2.65. The first-order valence-corrected chi connectivity index (χ1v) is 8.03. The smallest absolute Gasteiger partial charge is 0.239 e. The molecule has 1 amide bonds. The number of hydrogen-bond donors (Lipinski definition) is 2. The van der Waals surface area contributed by atoms with Crippen molar-refractivity contribution in [1.29, 1.82) is 0 Å². The van der Waals surface area contributed by atoms with Crippen molar-refractivity contribution in [3.63, 3.8) is 0 Å². The van der Waals surface area contributed by atoms with Gasteiger partial charge in [0, 0.05) is 11.8 Å². The maximum atomic E-state index is 11.8. The zero-order chi connectivity index (χ0) is 15.2. The van der Waals surface area contributed by atoms with E-state index in [1.165, 1.54) is 7.11 Å². The number of carbonyl (C=O) groups excluding carboxylic acids is 1. The largest absolute Gasteiger partial charge is 0.497 e. The Morgan fingerprint density at radius 3 is 2.75 bits per heavy atom. The minimum absolute atomic E-state index is 0.0883. The molecule has 1 aromatic carbocycles. The molecule has 1 rings (SSSR count). The van der Waals surface area contributed by atoms with Gasteiger partial charge in [0.25, 0.3) is 0 Å². The predicted octanol–water partition coefficient (Wildman–Crippen LogP) is 0.643. The molecular formula is C13H20N2O4S. The number of anilines is 1. The number of hydrogen-bond acceptors (Lipinski definition) is 5. The lowest BCUT2D eigenvalue weighted by atomic mass is 10.2. The number of nitrogens with two attached hydrogens (primary N) is 1. The van der Waals surface area contributed by atoms with E-state index in [0.29, 0.717) is 11.4 Å². The highest BCUT2D eigenvalue weighted by Gasteiger charge is 2.19. The Bertz CT molecular complexity index is 557. The quantitative estimate of drug-likeness (QED) is 0.770. The molecule has 0 spiro atoms. The van der Waals surface area contributed by atoms with Gasteiger partial charge in [-0.05, 0) is 24.6 Å². The van der Waals surface area contributed by atoms with Crippen LogP contribution in [0.15, 0.2) is 24.3 Å². The molecule has 0 aliphatic heterocycles. The van der Waals surface area contributed by atoms with Crippen LogP contribution < -0.4 is 15.8 Å². The first kappa shape index (κ1) is 16.5. The fourth-order valence-corrected chi connectivity index (χ4v) is 3.25. The molecule has 1 atom stereocenters. The summed E-state index contributed by atoms with van der Waals surface area (Å²) >= 11 is 0. The Balaban J connectivity index is 2.63. The minimum Gasteiger partial charge on any atom is -0.497 e. The number of ether oxygens (including phenoxy) is 1. The first-order chi connectivity index (χ1) is 9.36. The molecule has 1 unspecified atom stereocenters. The van der Waals surface area contributed by atoms with E-state index in [4.69, 9.17) is 10.5 Å². The summed E-state index contributed by atoms with van der Waals surface area (Å²) in [5.74, 6) is -0.779. The van der Waals surface area contributed by atoms with Gasteiger partial charge in [-0.1, -0.05) is 13.0 Å². The highest BCUT2D eigenvalue weighted by molar-refractivity contribution is 7.92. The Hall–Kier alpha value is -1.60. The van der Waals surface area contributed by atoms with Gasteiger partial charge in [-0.3, -0.25) is 4.79 Å². The number of benzene rings is 1. The van der Waals surface area contributed by atoms with Gasteiger partial charge in [-0.25, -0.2) is 8.42 Å². The highest BCUT2D eigenvalue weighted by atomic mass is 32.2. The Morgan fingerprint density at radius 1 is 1.45 bits per heavy atom. The van der Waals surface area contributed by atoms with Crippen LogP contribution in [-0.4, -0.2) is 39.5 Å². The third kappa shape index (κ3) is 5.58. The average molecular weight is 300 g/mol. The van der Waals surface area contributed by atoms with Crippen molar-refractivity contribution in [2.24, 2.45) is 11.7 Å². The topological polar surface area (TPSA) is 98.5 Å². The van der Waals surface area contributed by atoms with Gasteiger partial charge >= 0.3 is 0 Å². The van der Waals surface area contributed by atoms with Crippen LogP contribution in [-0.2, 0) is 14.6 Å². The van der Waals surface area contributed by atoms with Gasteiger partial charge < -0.3 is 15.8 Å². The Kier molecular flexibility index (Phi) is 5.97. The zero-order valence-corrected chi connectivity index (χ0v) is 12.4. The van der Waals surface area contributed by atoms with E-state index in [1.54, 1.807) is 31.2 Å². The summed E-state index contributed by atoms with van der Waals surface area (Å²) < 4.78 is 28.6. The summed E-state index contributed by atoms with van der Waals surface area (Å²) in [6.07, 6.45) is 0. The standard InChI is InChI=1S/C13H20N2O4S/c1-10(7-14)8-20(17,18)9-13(16)15-11-4-3-5-12(6-11)19-2/h3-6,10H,7-9,14H2,1-2H3,(H,15,16). The van der Waals surface area contributed by atoms with Crippen molar-refractivity contribution < 1.29 is 17.9 Å². The lowest BCUT2D eigenvalue weighted by Gasteiger charge is -2.10. The van der Waals surface area contributed by atoms with E-state index in [0.717, 1.165) is 0 Å². The summed E-state index contributed by atoms with van der Waals surface area (Å²) in [7, 11) is -1.94. The number of nitrogens with one attached hydrogen (secondary N) is 1. The van der Waals surface area contributed by atoms with Crippen molar-refractivity contribution >= 4 is 21.4 Å². The first-order valence-electron chi connectivity index (χ1n) is 6.20. The van der Waals surface area contributed by atoms with E-state index < -0.39 is 21.5 Å². The molecule has 3 N–H and O–H groups in total. The summed E-state index contributed by atoms with van der Waals surface area (Å²) in [5.41, 5.74) is 5.88. The lowest BCUT2D eigenvalue weighted by Crippen LogP contribution is -2.29. The maximum absolute atomic E-state index is 11.8. The summed E-state index contributed by atoms with van der Waals surface area (Å²) in [5, 5.41) is 2.53. The molecule has 0 saturated carbocycles. The van der Waals surface area contributed by atoms with Crippen LogP contribution in [0.2, 0.25) is 0 Å². The van der Waals surface area contributed by atoms with Crippen LogP contribution >= 0.6 is 0 Å². The van der Waals surface area contributed by atoms with Crippen LogP contribution in [0.4, 0.5) is 5.69 Å².